The first-order valence-corrected chi connectivity index (χ1v) is 5.78. The van der Waals surface area contributed by atoms with Crippen molar-refractivity contribution in [2.75, 3.05) is 13.6 Å². The molecule has 0 aromatic heterocycles. The first-order chi connectivity index (χ1) is 7.54. The molecular weight excluding hydrogens is 194 g/mol. The van der Waals surface area contributed by atoms with Gasteiger partial charge in [-0.2, -0.15) is 0 Å². The Morgan fingerprint density at radius 2 is 2.00 bits per heavy atom. The summed E-state index contributed by atoms with van der Waals surface area (Å²) in [4.78, 5) is 0. The van der Waals surface area contributed by atoms with E-state index in [-0.39, 0.29) is 5.41 Å². The van der Waals surface area contributed by atoms with Crippen LogP contribution in [0.3, 0.4) is 0 Å². The van der Waals surface area contributed by atoms with Crippen molar-refractivity contribution in [3.05, 3.63) is 35.4 Å². The SMILES string of the molecule is CNCCC#Cc1cccc(C(C)(C)C)c1. The number of benzene rings is 1. The highest BCUT2D eigenvalue weighted by Crippen LogP contribution is 2.22. The van der Waals surface area contributed by atoms with Gasteiger partial charge in [-0.05, 0) is 30.2 Å². The van der Waals surface area contributed by atoms with E-state index in [9.17, 15) is 0 Å². The van der Waals surface area contributed by atoms with E-state index in [0.29, 0.717) is 0 Å². The van der Waals surface area contributed by atoms with Crippen molar-refractivity contribution in [2.45, 2.75) is 32.6 Å². The molecule has 1 aromatic rings. The molecule has 0 spiro atoms. The standard InChI is InChI=1S/C15H21N/c1-15(2,3)14-10-7-9-13(12-14)8-5-6-11-16-4/h7,9-10,12,16H,6,11H2,1-4H3. The third-order valence-electron chi connectivity index (χ3n) is 2.46. The largest absolute Gasteiger partial charge is 0.319 e. The quantitative estimate of drug-likeness (QED) is 0.591. The number of hydrogen-bond donors (Lipinski definition) is 1. The Kier molecular flexibility index (Phi) is 4.58. The summed E-state index contributed by atoms with van der Waals surface area (Å²) in [5.41, 5.74) is 2.65. The molecule has 0 bridgehead atoms. The summed E-state index contributed by atoms with van der Waals surface area (Å²) in [5.74, 6) is 6.37. The van der Waals surface area contributed by atoms with Crippen LogP contribution in [0.15, 0.2) is 24.3 Å². The molecule has 0 heterocycles. The van der Waals surface area contributed by atoms with Gasteiger partial charge in [0.1, 0.15) is 0 Å². The second-order valence-electron chi connectivity index (χ2n) is 4.99. The van der Waals surface area contributed by atoms with Crippen molar-refractivity contribution in [1.82, 2.24) is 5.32 Å². The van der Waals surface area contributed by atoms with Crippen molar-refractivity contribution in [1.29, 1.82) is 0 Å². The Hall–Kier alpha value is -1.26. The lowest BCUT2D eigenvalue weighted by atomic mass is 9.86. The second kappa shape index (κ2) is 5.72. The fourth-order valence-corrected chi connectivity index (χ4v) is 1.42. The highest BCUT2D eigenvalue weighted by atomic mass is 14.8. The zero-order valence-corrected chi connectivity index (χ0v) is 10.7. The summed E-state index contributed by atoms with van der Waals surface area (Å²) in [6.07, 6.45) is 0.899. The van der Waals surface area contributed by atoms with Gasteiger partial charge in [-0.3, -0.25) is 0 Å². The third kappa shape index (κ3) is 4.08. The molecule has 0 unspecified atom stereocenters. The molecule has 0 aliphatic heterocycles. The van der Waals surface area contributed by atoms with Crippen LogP contribution < -0.4 is 5.32 Å². The van der Waals surface area contributed by atoms with Gasteiger partial charge in [0.05, 0.1) is 0 Å². The molecule has 0 fully saturated rings. The minimum Gasteiger partial charge on any atom is -0.319 e. The Bertz CT molecular complexity index is 388. The van der Waals surface area contributed by atoms with Gasteiger partial charge in [-0.15, -0.1) is 0 Å². The topological polar surface area (TPSA) is 12.0 Å². The van der Waals surface area contributed by atoms with Crippen molar-refractivity contribution < 1.29 is 0 Å². The zero-order valence-electron chi connectivity index (χ0n) is 10.7. The monoisotopic (exact) mass is 215 g/mol. The lowest BCUT2D eigenvalue weighted by Gasteiger charge is -2.18. The summed E-state index contributed by atoms with van der Waals surface area (Å²) in [6.45, 7) is 7.62. The summed E-state index contributed by atoms with van der Waals surface area (Å²) < 4.78 is 0. The van der Waals surface area contributed by atoms with Crippen LogP contribution in [0, 0.1) is 11.8 Å². The fraction of sp³-hybridized carbons (Fsp3) is 0.467. The second-order valence-corrected chi connectivity index (χ2v) is 4.99. The van der Waals surface area contributed by atoms with Gasteiger partial charge < -0.3 is 5.32 Å². The Morgan fingerprint density at radius 1 is 1.25 bits per heavy atom. The maximum atomic E-state index is 3.20. The fourth-order valence-electron chi connectivity index (χ4n) is 1.42. The van der Waals surface area contributed by atoms with Gasteiger partial charge in [0, 0.05) is 18.5 Å². The lowest BCUT2D eigenvalue weighted by molar-refractivity contribution is 0.590. The maximum absolute atomic E-state index is 3.20. The molecule has 16 heavy (non-hydrogen) atoms. The van der Waals surface area contributed by atoms with Crippen molar-refractivity contribution in [2.24, 2.45) is 0 Å². The van der Waals surface area contributed by atoms with Crippen molar-refractivity contribution in [3.8, 4) is 11.8 Å². The van der Waals surface area contributed by atoms with Crippen LogP contribution in [0.25, 0.3) is 0 Å². The van der Waals surface area contributed by atoms with E-state index >= 15 is 0 Å². The molecule has 0 amide bonds. The summed E-state index contributed by atoms with van der Waals surface area (Å²) in [5, 5.41) is 3.09. The van der Waals surface area contributed by atoms with Gasteiger partial charge in [0.2, 0.25) is 0 Å². The molecule has 86 valence electrons. The van der Waals surface area contributed by atoms with Crippen LogP contribution in [0.5, 0.6) is 0 Å². The van der Waals surface area contributed by atoms with Crippen LogP contribution in [0.2, 0.25) is 0 Å². The average molecular weight is 215 g/mol. The predicted octanol–water partition coefficient (Wildman–Crippen LogP) is 2.95. The number of nitrogens with one attached hydrogen (secondary N) is 1. The predicted molar refractivity (Wildman–Crippen MR) is 70.6 cm³/mol. The van der Waals surface area contributed by atoms with Gasteiger partial charge in [0.25, 0.3) is 0 Å². The van der Waals surface area contributed by atoms with Crippen LogP contribution in [-0.4, -0.2) is 13.6 Å². The molecule has 0 aliphatic rings. The molecule has 0 saturated carbocycles. The molecule has 0 saturated heterocycles. The normalized spacial score (nSPS) is 10.8. The molecule has 0 aliphatic carbocycles. The lowest BCUT2D eigenvalue weighted by Crippen LogP contribution is -2.10. The number of rotatable bonds is 2. The van der Waals surface area contributed by atoms with Gasteiger partial charge in [-0.25, -0.2) is 0 Å². The van der Waals surface area contributed by atoms with Gasteiger partial charge >= 0.3 is 0 Å². The van der Waals surface area contributed by atoms with E-state index in [4.69, 9.17) is 0 Å². The highest BCUT2D eigenvalue weighted by Gasteiger charge is 2.12. The van der Waals surface area contributed by atoms with Crippen molar-refractivity contribution >= 4 is 0 Å². The molecule has 1 rings (SSSR count). The van der Waals surface area contributed by atoms with Crippen LogP contribution in [-0.2, 0) is 5.41 Å². The van der Waals surface area contributed by atoms with Crippen molar-refractivity contribution in [3.63, 3.8) is 0 Å². The average Bonchev–Trinajstić information content (AvgIpc) is 2.24. The number of hydrogen-bond acceptors (Lipinski definition) is 1. The third-order valence-corrected chi connectivity index (χ3v) is 2.46. The van der Waals surface area contributed by atoms with E-state index in [1.165, 1.54) is 5.56 Å². The maximum Gasteiger partial charge on any atom is 0.0248 e. The molecule has 1 N–H and O–H groups in total. The van der Waals surface area contributed by atoms with Crippen LogP contribution in [0.1, 0.15) is 38.3 Å². The molecule has 1 heteroatoms. The Morgan fingerprint density at radius 3 is 2.62 bits per heavy atom. The minimum atomic E-state index is 0.197. The van der Waals surface area contributed by atoms with E-state index in [2.05, 4.69) is 62.2 Å². The van der Waals surface area contributed by atoms with E-state index < -0.39 is 0 Å². The first-order valence-electron chi connectivity index (χ1n) is 5.78. The summed E-state index contributed by atoms with van der Waals surface area (Å²) in [6, 6.07) is 8.51. The molecular formula is C15H21N. The Labute approximate surface area is 99.3 Å². The smallest absolute Gasteiger partial charge is 0.0248 e. The molecule has 0 atom stereocenters. The van der Waals surface area contributed by atoms with Crippen LogP contribution >= 0.6 is 0 Å². The minimum absolute atomic E-state index is 0.197. The molecule has 1 aromatic carbocycles. The molecule has 1 nitrogen and oxygen atoms in total. The van der Waals surface area contributed by atoms with Crippen LogP contribution in [0.4, 0.5) is 0 Å². The Balaban J connectivity index is 2.78. The highest BCUT2D eigenvalue weighted by molar-refractivity contribution is 5.39. The first kappa shape index (κ1) is 12.8. The van der Waals surface area contributed by atoms with E-state index in [1.54, 1.807) is 0 Å². The van der Waals surface area contributed by atoms with E-state index in [0.717, 1.165) is 18.5 Å². The molecule has 0 radical (unpaired) electrons. The summed E-state index contributed by atoms with van der Waals surface area (Å²) >= 11 is 0. The van der Waals surface area contributed by atoms with E-state index in [1.807, 2.05) is 7.05 Å². The van der Waals surface area contributed by atoms with Gasteiger partial charge in [-0.1, -0.05) is 44.7 Å². The zero-order chi connectivity index (χ0) is 12.0. The van der Waals surface area contributed by atoms with Gasteiger partial charge in [0.15, 0.2) is 0 Å². The summed E-state index contributed by atoms with van der Waals surface area (Å²) in [7, 11) is 1.95.